The molecule has 4 heteroatoms. The zero-order valence-electron chi connectivity index (χ0n) is 12.6. The number of aromatic nitrogens is 1. The minimum Gasteiger partial charge on any atom is -0.361 e. The molecule has 0 aliphatic heterocycles. The smallest absolute Gasteiger partial charge is 0.251 e. The van der Waals surface area contributed by atoms with Crippen molar-refractivity contribution in [3.05, 3.63) is 36.0 Å². The zero-order valence-corrected chi connectivity index (χ0v) is 12.6. The van der Waals surface area contributed by atoms with Crippen LogP contribution >= 0.6 is 0 Å². The normalized spacial score (nSPS) is 13.1. The van der Waals surface area contributed by atoms with Crippen LogP contribution in [-0.2, 0) is 0 Å². The summed E-state index contributed by atoms with van der Waals surface area (Å²) in [4.78, 5) is 17.6. The van der Waals surface area contributed by atoms with Crippen LogP contribution in [0.15, 0.2) is 30.5 Å². The molecule has 2 N–H and O–H groups in total. The van der Waals surface area contributed by atoms with Gasteiger partial charge in [-0.2, -0.15) is 0 Å². The first kappa shape index (κ1) is 14.6. The fourth-order valence-electron chi connectivity index (χ4n) is 2.26. The van der Waals surface area contributed by atoms with Crippen molar-refractivity contribution in [2.45, 2.75) is 19.9 Å². The summed E-state index contributed by atoms with van der Waals surface area (Å²) >= 11 is 0. The summed E-state index contributed by atoms with van der Waals surface area (Å²) in [5, 5.41) is 4.19. The second-order valence-electron chi connectivity index (χ2n) is 5.87. The number of H-pyrrole nitrogens is 1. The highest BCUT2D eigenvalue weighted by Crippen LogP contribution is 2.14. The van der Waals surface area contributed by atoms with Gasteiger partial charge in [0.05, 0.1) is 0 Å². The summed E-state index contributed by atoms with van der Waals surface area (Å²) in [5.74, 6) is 0.394. The monoisotopic (exact) mass is 273 g/mol. The number of benzene rings is 1. The van der Waals surface area contributed by atoms with Gasteiger partial charge in [0.25, 0.3) is 5.91 Å². The first-order chi connectivity index (χ1) is 9.47. The minimum absolute atomic E-state index is 0.00588. The van der Waals surface area contributed by atoms with Crippen molar-refractivity contribution in [1.29, 1.82) is 0 Å². The molecule has 0 radical (unpaired) electrons. The summed E-state index contributed by atoms with van der Waals surface area (Å²) < 4.78 is 0. The lowest BCUT2D eigenvalue weighted by Crippen LogP contribution is -2.44. The van der Waals surface area contributed by atoms with Crippen LogP contribution in [0.25, 0.3) is 10.9 Å². The van der Waals surface area contributed by atoms with E-state index in [0.717, 1.165) is 17.4 Å². The molecular weight excluding hydrogens is 250 g/mol. The highest BCUT2D eigenvalue weighted by atomic mass is 16.1. The molecule has 1 heterocycles. The van der Waals surface area contributed by atoms with E-state index in [9.17, 15) is 4.79 Å². The lowest BCUT2D eigenvalue weighted by atomic mass is 10.0. The van der Waals surface area contributed by atoms with Gasteiger partial charge in [0, 0.05) is 35.2 Å². The first-order valence-electron chi connectivity index (χ1n) is 7.00. The van der Waals surface area contributed by atoms with Crippen molar-refractivity contribution in [2.24, 2.45) is 5.92 Å². The largest absolute Gasteiger partial charge is 0.361 e. The van der Waals surface area contributed by atoms with Gasteiger partial charge in [-0.05, 0) is 44.3 Å². The fourth-order valence-corrected chi connectivity index (χ4v) is 2.26. The molecule has 1 unspecified atom stereocenters. The van der Waals surface area contributed by atoms with Crippen LogP contribution in [-0.4, -0.2) is 42.5 Å². The lowest BCUT2D eigenvalue weighted by molar-refractivity contribution is 0.0917. The number of nitrogens with one attached hydrogen (secondary N) is 2. The third kappa shape index (κ3) is 3.39. The van der Waals surface area contributed by atoms with E-state index in [1.807, 2.05) is 44.6 Å². The van der Waals surface area contributed by atoms with Crippen LogP contribution < -0.4 is 5.32 Å². The van der Waals surface area contributed by atoms with Crippen molar-refractivity contribution in [3.8, 4) is 0 Å². The minimum atomic E-state index is -0.00588. The summed E-state index contributed by atoms with van der Waals surface area (Å²) in [6.45, 7) is 5.10. The standard InChI is InChI=1S/C16H23N3O/c1-11(2)15(10-19(3)4)18-16(20)13-5-6-14-12(9-13)7-8-17-14/h5-9,11,15,17H,10H2,1-4H3,(H,18,20). The van der Waals surface area contributed by atoms with Crippen molar-refractivity contribution in [3.63, 3.8) is 0 Å². The molecule has 0 aliphatic rings. The van der Waals surface area contributed by atoms with Gasteiger partial charge in [-0.1, -0.05) is 13.8 Å². The van der Waals surface area contributed by atoms with E-state index in [-0.39, 0.29) is 11.9 Å². The van der Waals surface area contributed by atoms with Crippen LogP contribution in [0.1, 0.15) is 24.2 Å². The molecule has 108 valence electrons. The Morgan fingerprint density at radius 1 is 1.30 bits per heavy atom. The van der Waals surface area contributed by atoms with Gasteiger partial charge in [-0.15, -0.1) is 0 Å². The Morgan fingerprint density at radius 2 is 2.05 bits per heavy atom. The number of hydrogen-bond acceptors (Lipinski definition) is 2. The first-order valence-corrected chi connectivity index (χ1v) is 7.00. The molecular formula is C16H23N3O. The quantitative estimate of drug-likeness (QED) is 0.879. The topological polar surface area (TPSA) is 48.1 Å². The lowest BCUT2D eigenvalue weighted by Gasteiger charge is -2.25. The number of likely N-dealkylation sites (N-methyl/N-ethyl adjacent to an activating group) is 1. The maximum absolute atomic E-state index is 12.4. The van der Waals surface area contributed by atoms with Crippen molar-refractivity contribution >= 4 is 16.8 Å². The van der Waals surface area contributed by atoms with Crippen LogP contribution in [0, 0.1) is 5.92 Å². The van der Waals surface area contributed by atoms with Crippen molar-refractivity contribution in [2.75, 3.05) is 20.6 Å². The second kappa shape index (κ2) is 6.09. The third-order valence-corrected chi connectivity index (χ3v) is 3.50. The van der Waals surface area contributed by atoms with Crippen LogP contribution in [0.3, 0.4) is 0 Å². The second-order valence-corrected chi connectivity index (χ2v) is 5.87. The maximum Gasteiger partial charge on any atom is 0.251 e. The zero-order chi connectivity index (χ0) is 14.7. The van der Waals surface area contributed by atoms with Gasteiger partial charge in [0.1, 0.15) is 0 Å². The third-order valence-electron chi connectivity index (χ3n) is 3.50. The van der Waals surface area contributed by atoms with E-state index >= 15 is 0 Å². The molecule has 2 aromatic rings. The molecule has 0 spiro atoms. The number of hydrogen-bond donors (Lipinski definition) is 2. The Kier molecular flexibility index (Phi) is 4.45. The Bertz CT molecular complexity index is 586. The van der Waals surface area contributed by atoms with Crippen molar-refractivity contribution < 1.29 is 4.79 Å². The highest BCUT2D eigenvalue weighted by molar-refractivity contribution is 5.98. The van der Waals surface area contributed by atoms with Gasteiger partial charge < -0.3 is 15.2 Å². The van der Waals surface area contributed by atoms with Crippen LogP contribution in [0.4, 0.5) is 0 Å². The highest BCUT2D eigenvalue weighted by Gasteiger charge is 2.18. The summed E-state index contributed by atoms with van der Waals surface area (Å²) in [7, 11) is 4.04. The molecule has 0 aliphatic carbocycles. The number of carbonyl (C=O) groups is 1. The summed E-state index contributed by atoms with van der Waals surface area (Å²) in [6.07, 6.45) is 1.88. The van der Waals surface area contributed by atoms with Crippen molar-refractivity contribution in [1.82, 2.24) is 15.2 Å². The molecule has 1 aromatic carbocycles. The fraction of sp³-hybridized carbons (Fsp3) is 0.438. The molecule has 0 saturated carbocycles. The number of carbonyl (C=O) groups excluding carboxylic acids is 1. The molecule has 0 fully saturated rings. The van der Waals surface area contributed by atoms with Gasteiger partial charge in [-0.25, -0.2) is 0 Å². The van der Waals surface area contributed by atoms with Gasteiger partial charge >= 0.3 is 0 Å². The Hall–Kier alpha value is -1.81. The maximum atomic E-state index is 12.4. The number of amides is 1. The van der Waals surface area contributed by atoms with E-state index in [2.05, 4.69) is 29.0 Å². The molecule has 2 rings (SSSR count). The molecule has 1 amide bonds. The van der Waals surface area contributed by atoms with Crippen LogP contribution in [0.5, 0.6) is 0 Å². The van der Waals surface area contributed by atoms with Gasteiger partial charge in [0.2, 0.25) is 0 Å². The number of nitrogens with zero attached hydrogens (tertiary/aromatic N) is 1. The van der Waals surface area contributed by atoms with E-state index in [0.29, 0.717) is 11.5 Å². The Morgan fingerprint density at radius 3 is 2.70 bits per heavy atom. The number of rotatable bonds is 5. The summed E-state index contributed by atoms with van der Waals surface area (Å²) in [6, 6.07) is 7.86. The van der Waals surface area contributed by atoms with Crippen LogP contribution in [0.2, 0.25) is 0 Å². The van der Waals surface area contributed by atoms with Gasteiger partial charge in [0.15, 0.2) is 0 Å². The van der Waals surface area contributed by atoms with E-state index < -0.39 is 0 Å². The SMILES string of the molecule is CC(C)C(CN(C)C)NC(=O)c1ccc2[nH]ccc2c1. The molecule has 4 nitrogen and oxygen atoms in total. The number of aromatic amines is 1. The van der Waals surface area contributed by atoms with E-state index in [1.54, 1.807) is 0 Å². The Labute approximate surface area is 120 Å². The molecule has 1 aromatic heterocycles. The molecule has 1 atom stereocenters. The average molecular weight is 273 g/mol. The molecule has 20 heavy (non-hydrogen) atoms. The average Bonchev–Trinajstić information content (AvgIpc) is 2.84. The van der Waals surface area contributed by atoms with E-state index in [4.69, 9.17) is 0 Å². The van der Waals surface area contributed by atoms with E-state index in [1.165, 1.54) is 0 Å². The Balaban J connectivity index is 2.13. The molecule has 0 saturated heterocycles. The number of fused-ring (bicyclic) bond motifs is 1. The van der Waals surface area contributed by atoms with Gasteiger partial charge in [-0.3, -0.25) is 4.79 Å². The predicted octanol–water partition coefficient (Wildman–Crippen LogP) is 2.48. The predicted molar refractivity (Wildman–Crippen MR) is 82.9 cm³/mol. The molecule has 0 bridgehead atoms. The summed E-state index contributed by atoms with van der Waals surface area (Å²) in [5.41, 5.74) is 1.76.